The van der Waals surface area contributed by atoms with Gasteiger partial charge in [0.15, 0.2) is 0 Å². The molecule has 0 aliphatic heterocycles. The third-order valence-corrected chi connectivity index (χ3v) is 3.58. The summed E-state index contributed by atoms with van der Waals surface area (Å²) in [6.07, 6.45) is 1.11. The van der Waals surface area contributed by atoms with Crippen LogP contribution in [0.5, 0.6) is 0 Å². The van der Waals surface area contributed by atoms with E-state index in [0.29, 0.717) is 5.92 Å². The molecule has 0 N–H and O–H groups in total. The van der Waals surface area contributed by atoms with Gasteiger partial charge in [0.05, 0.1) is 0 Å². The fourth-order valence-corrected chi connectivity index (χ4v) is 2.06. The lowest BCUT2D eigenvalue weighted by atomic mass is 9.99. The van der Waals surface area contributed by atoms with Crippen LogP contribution in [0, 0.1) is 5.92 Å². The molecule has 0 radical (unpaired) electrons. The molecule has 0 aliphatic carbocycles. The summed E-state index contributed by atoms with van der Waals surface area (Å²) in [5.74, 6) is 1.58. The van der Waals surface area contributed by atoms with Crippen LogP contribution in [0.15, 0.2) is 54.6 Å². The molecule has 0 heterocycles. The first-order valence-corrected chi connectivity index (χ1v) is 6.68. The summed E-state index contributed by atoms with van der Waals surface area (Å²) < 4.78 is 0. The normalized spacial score (nSPS) is 12.4. The Bertz CT molecular complexity index is 445. The lowest BCUT2D eigenvalue weighted by molar-refractivity contribution is 0.660. The first kappa shape index (κ1) is 12.3. The maximum absolute atomic E-state index is 4.32. The van der Waals surface area contributed by atoms with Gasteiger partial charge in [0.2, 0.25) is 0 Å². The second-order valence-corrected chi connectivity index (χ2v) is 4.92. The number of rotatable bonds is 4. The van der Waals surface area contributed by atoms with Gasteiger partial charge in [-0.2, -0.15) is 12.6 Å². The Morgan fingerprint density at radius 3 is 2.06 bits per heavy atom. The SMILES string of the molecule is CC(CS)Cc1ccc(-c2ccccc2)cc1. The summed E-state index contributed by atoms with van der Waals surface area (Å²) in [6.45, 7) is 2.23. The predicted molar refractivity (Wildman–Crippen MR) is 78.6 cm³/mol. The van der Waals surface area contributed by atoms with Crippen LogP contribution >= 0.6 is 12.6 Å². The summed E-state index contributed by atoms with van der Waals surface area (Å²) in [5, 5.41) is 0. The van der Waals surface area contributed by atoms with Crippen molar-refractivity contribution >= 4 is 12.6 Å². The maximum Gasteiger partial charge on any atom is -0.00690 e. The van der Waals surface area contributed by atoms with Crippen LogP contribution in [0.2, 0.25) is 0 Å². The van der Waals surface area contributed by atoms with Gasteiger partial charge in [-0.1, -0.05) is 61.5 Å². The molecule has 0 saturated heterocycles. The highest BCUT2D eigenvalue weighted by molar-refractivity contribution is 7.80. The van der Waals surface area contributed by atoms with E-state index in [2.05, 4.69) is 68.1 Å². The molecule has 2 rings (SSSR count). The zero-order chi connectivity index (χ0) is 12.1. The molecule has 2 aromatic rings. The van der Waals surface area contributed by atoms with E-state index in [0.717, 1.165) is 12.2 Å². The van der Waals surface area contributed by atoms with Crippen LogP contribution < -0.4 is 0 Å². The molecule has 17 heavy (non-hydrogen) atoms. The molecule has 0 aliphatic rings. The van der Waals surface area contributed by atoms with Gasteiger partial charge in [0.25, 0.3) is 0 Å². The van der Waals surface area contributed by atoms with Crippen LogP contribution in [-0.4, -0.2) is 5.75 Å². The zero-order valence-corrected chi connectivity index (χ0v) is 11.0. The average molecular weight is 242 g/mol. The lowest BCUT2D eigenvalue weighted by Crippen LogP contribution is -2.00. The van der Waals surface area contributed by atoms with Crippen LogP contribution in [-0.2, 0) is 6.42 Å². The molecule has 0 fully saturated rings. The van der Waals surface area contributed by atoms with Crippen LogP contribution in [0.3, 0.4) is 0 Å². The van der Waals surface area contributed by atoms with Crippen molar-refractivity contribution in [3.63, 3.8) is 0 Å². The van der Waals surface area contributed by atoms with E-state index < -0.39 is 0 Å². The number of thiol groups is 1. The van der Waals surface area contributed by atoms with Gasteiger partial charge in [-0.3, -0.25) is 0 Å². The van der Waals surface area contributed by atoms with Crippen molar-refractivity contribution < 1.29 is 0 Å². The first-order chi connectivity index (χ1) is 8.29. The van der Waals surface area contributed by atoms with Gasteiger partial charge in [-0.15, -0.1) is 0 Å². The van der Waals surface area contributed by atoms with Crippen molar-refractivity contribution in [1.82, 2.24) is 0 Å². The summed E-state index contributed by atoms with van der Waals surface area (Å²) in [6, 6.07) is 19.3. The minimum absolute atomic E-state index is 0.640. The molecule has 88 valence electrons. The van der Waals surface area contributed by atoms with Gasteiger partial charge in [-0.25, -0.2) is 0 Å². The van der Waals surface area contributed by atoms with Crippen LogP contribution in [0.25, 0.3) is 11.1 Å². The minimum Gasteiger partial charge on any atom is -0.179 e. The molecule has 0 saturated carbocycles. The van der Waals surface area contributed by atoms with E-state index in [1.54, 1.807) is 0 Å². The van der Waals surface area contributed by atoms with E-state index in [1.165, 1.54) is 16.7 Å². The van der Waals surface area contributed by atoms with Crippen molar-refractivity contribution in [2.75, 3.05) is 5.75 Å². The lowest BCUT2D eigenvalue weighted by Gasteiger charge is -2.08. The monoisotopic (exact) mass is 242 g/mol. The number of hydrogen-bond donors (Lipinski definition) is 1. The first-order valence-electron chi connectivity index (χ1n) is 6.05. The molecular formula is C16H18S. The third-order valence-electron chi connectivity index (χ3n) is 2.96. The Morgan fingerprint density at radius 1 is 0.882 bits per heavy atom. The molecule has 0 bridgehead atoms. The van der Waals surface area contributed by atoms with Crippen molar-refractivity contribution in [2.24, 2.45) is 5.92 Å². The molecular weight excluding hydrogens is 224 g/mol. The average Bonchev–Trinajstić information content (AvgIpc) is 2.40. The van der Waals surface area contributed by atoms with E-state index >= 15 is 0 Å². The highest BCUT2D eigenvalue weighted by atomic mass is 32.1. The highest BCUT2D eigenvalue weighted by Crippen LogP contribution is 2.20. The van der Waals surface area contributed by atoms with E-state index in [-0.39, 0.29) is 0 Å². The Balaban J connectivity index is 2.13. The maximum atomic E-state index is 4.32. The fourth-order valence-electron chi connectivity index (χ4n) is 1.93. The Kier molecular flexibility index (Phi) is 4.27. The molecule has 0 nitrogen and oxygen atoms in total. The van der Waals surface area contributed by atoms with Gasteiger partial charge >= 0.3 is 0 Å². The second-order valence-electron chi connectivity index (χ2n) is 4.55. The summed E-state index contributed by atoms with van der Waals surface area (Å²) >= 11 is 4.32. The Morgan fingerprint density at radius 2 is 1.47 bits per heavy atom. The van der Waals surface area contributed by atoms with Crippen molar-refractivity contribution in [3.05, 3.63) is 60.2 Å². The van der Waals surface area contributed by atoms with E-state index in [1.807, 2.05) is 6.07 Å². The smallest absolute Gasteiger partial charge is 0.00690 e. The van der Waals surface area contributed by atoms with Crippen LogP contribution in [0.4, 0.5) is 0 Å². The van der Waals surface area contributed by atoms with Crippen LogP contribution in [0.1, 0.15) is 12.5 Å². The molecule has 1 heteroatoms. The summed E-state index contributed by atoms with van der Waals surface area (Å²) in [4.78, 5) is 0. The number of benzene rings is 2. The minimum atomic E-state index is 0.640. The number of hydrogen-bond acceptors (Lipinski definition) is 1. The molecule has 0 amide bonds. The summed E-state index contributed by atoms with van der Waals surface area (Å²) in [5.41, 5.74) is 3.96. The van der Waals surface area contributed by atoms with E-state index in [9.17, 15) is 0 Å². The third kappa shape index (κ3) is 3.37. The molecule has 1 atom stereocenters. The topological polar surface area (TPSA) is 0 Å². The van der Waals surface area contributed by atoms with Gasteiger partial charge in [-0.05, 0) is 34.8 Å². The predicted octanol–water partition coefficient (Wildman–Crippen LogP) is 4.46. The largest absolute Gasteiger partial charge is 0.179 e. The Hall–Kier alpha value is -1.21. The summed E-state index contributed by atoms with van der Waals surface area (Å²) in [7, 11) is 0. The van der Waals surface area contributed by atoms with Crippen molar-refractivity contribution in [1.29, 1.82) is 0 Å². The van der Waals surface area contributed by atoms with E-state index in [4.69, 9.17) is 0 Å². The molecule has 0 aromatic heterocycles. The van der Waals surface area contributed by atoms with Gasteiger partial charge < -0.3 is 0 Å². The zero-order valence-electron chi connectivity index (χ0n) is 10.1. The van der Waals surface area contributed by atoms with Gasteiger partial charge in [0.1, 0.15) is 0 Å². The molecule has 2 aromatic carbocycles. The second kappa shape index (κ2) is 5.92. The standard InChI is InChI=1S/C16H18S/c1-13(12-17)11-14-7-9-16(10-8-14)15-5-3-2-4-6-15/h2-10,13,17H,11-12H2,1H3. The Labute approximate surface area is 109 Å². The molecule has 1 unspecified atom stereocenters. The van der Waals surface area contributed by atoms with Crippen molar-refractivity contribution in [3.8, 4) is 11.1 Å². The highest BCUT2D eigenvalue weighted by Gasteiger charge is 2.02. The fraction of sp³-hybridized carbons (Fsp3) is 0.250. The quantitative estimate of drug-likeness (QED) is 0.752. The molecule has 0 spiro atoms. The van der Waals surface area contributed by atoms with Crippen molar-refractivity contribution in [2.45, 2.75) is 13.3 Å². The van der Waals surface area contributed by atoms with Gasteiger partial charge in [0, 0.05) is 0 Å².